The van der Waals surface area contributed by atoms with E-state index in [1.165, 1.54) is 12.7 Å². The van der Waals surface area contributed by atoms with Crippen LogP contribution in [0, 0.1) is 0 Å². The number of carbonyl (C=O) groups is 1. The molecule has 0 N–H and O–H groups in total. The molecule has 1 unspecified atom stereocenters. The van der Waals surface area contributed by atoms with Gasteiger partial charge in [-0.1, -0.05) is 54.6 Å². The van der Waals surface area contributed by atoms with Crippen LogP contribution in [0.5, 0.6) is 5.75 Å². The highest BCUT2D eigenvalue weighted by Gasteiger charge is 2.27. The number of carbonyl (C=O) groups excluding carboxylic acids is 1. The van der Waals surface area contributed by atoms with Crippen molar-refractivity contribution < 1.29 is 14.3 Å². The lowest BCUT2D eigenvalue weighted by atomic mass is 9.89. The summed E-state index contributed by atoms with van der Waals surface area (Å²) >= 11 is 0. The maximum absolute atomic E-state index is 12.4. The lowest BCUT2D eigenvalue weighted by Crippen LogP contribution is -2.22. The lowest BCUT2D eigenvalue weighted by Gasteiger charge is -2.27. The fraction of sp³-hybridized carbons (Fsp3) is 0.190. The quantitative estimate of drug-likeness (QED) is 0.778. The first-order chi connectivity index (χ1) is 12.2. The standard InChI is InChI=1S/C21H21NO3/c1-24-20-11-7-6-10-18(20)17-12-13-22(15-19(17)21(23)25-2)14-16-8-4-3-5-9-16/h3-13,15,17H,14H2,1-2H3. The van der Waals surface area contributed by atoms with E-state index in [9.17, 15) is 4.79 Å². The second-order valence-corrected chi connectivity index (χ2v) is 5.80. The number of esters is 1. The SMILES string of the molecule is COC(=O)C1=CN(Cc2ccccc2)C=CC1c1ccccc1OC. The number of benzene rings is 2. The molecule has 1 atom stereocenters. The van der Waals surface area contributed by atoms with Gasteiger partial charge in [0.15, 0.2) is 0 Å². The number of ether oxygens (including phenoxy) is 2. The van der Waals surface area contributed by atoms with E-state index < -0.39 is 0 Å². The molecule has 0 amide bonds. The molecular weight excluding hydrogens is 314 g/mol. The van der Waals surface area contributed by atoms with Gasteiger partial charge in [-0.3, -0.25) is 0 Å². The van der Waals surface area contributed by atoms with Gasteiger partial charge in [0.1, 0.15) is 5.75 Å². The molecule has 25 heavy (non-hydrogen) atoms. The molecule has 4 heteroatoms. The molecule has 0 aliphatic carbocycles. The molecule has 4 nitrogen and oxygen atoms in total. The molecule has 1 aliphatic heterocycles. The van der Waals surface area contributed by atoms with Crippen LogP contribution in [0.3, 0.4) is 0 Å². The molecule has 2 aromatic rings. The van der Waals surface area contributed by atoms with E-state index in [1.807, 2.05) is 65.8 Å². The van der Waals surface area contributed by atoms with E-state index in [0.29, 0.717) is 12.1 Å². The van der Waals surface area contributed by atoms with Gasteiger partial charge in [0, 0.05) is 30.4 Å². The summed E-state index contributed by atoms with van der Waals surface area (Å²) in [4.78, 5) is 14.3. The van der Waals surface area contributed by atoms with Gasteiger partial charge in [0.2, 0.25) is 0 Å². The zero-order valence-corrected chi connectivity index (χ0v) is 14.4. The van der Waals surface area contributed by atoms with Crippen LogP contribution < -0.4 is 4.74 Å². The number of para-hydroxylation sites is 1. The van der Waals surface area contributed by atoms with Crippen LogP contribution in [0.4, 0.5) is 0 Å². The Kier molecular flexibility index (Phi) is 5.19. The van der Waals surface area contributed by atoms with Crippen molar-refractivity contribution in [1.82, 2.24) is 4.90 Å². The van der Waals surface area contributed by atoms with Gasteiger partial charge >= 0.3 is 5.97 Å². The minimum Gasteiger partial charge on any atom is -0.496 e. The molecule has 128 valence electrons. The summed E-state index contributed by atoms with van der Waals surface area (Å²) in [7, 11) is 3.04. The summed E-state index contributed by atoms with van der Waals surface area (Å²) < 4.78 is 10.5. The Morgan fingerprint density at radius 1 is 1.04 bits per heavy atom. The second kappa shape index (κ2) is 7.71. The minimum absolute atomic E-state index is 0.198. The summed E-state index contributed by atoms with van der Waals surface area (Å²) in [6.07, 6.45) is 5.86. The van der Waals surface area contributed by atoms with Gasteiger partial charge in [-0.25, -0.2) is 4.79 Å². The van der Waals surface area contributed by atoms with Crippen LogP contribution in [-0.4, -0.2) is 25.1 Å². The Labute approximate surface area is 148 Å². The van der Waals surface area contributed by atoms with Crippen molar-refractivity contribution in [3.8, 4) is 5.75 Å². The van der Waals surface area contributed by atoms with Crippen molar-refractivity contribution in [2.45, 2.75) is 12.5 Å². The van der Waals surface area contributed by atoms with E-state index >= 15 is 0 Å². The molecule has 0 radical (unpaired) electrons. The highest BCUT2D eigenvalue weighted by molar-refractivity contribution is 5.91. The Balaban J connectivity index is 1.92. The summed E-state index contributed by atoms with van der Waals surface area (Å²) in [5.41, 5.74) is 2.70. The van der Waals surface area contributed by atoms with Gasteiger partial charge in [-0.05, 0) is 11.6 Å². The van der Waals surface area contributed by atoms with Gasteiger partial charge < -0.3 is 14.4 Å². The van der Waals surface area contributed by atoms with E-state index in [4.69, 9.17) is 9.47 Å². The average molecular weight is 335 g/mol. The third-order valence-electron chi connectivity index (χ3n) is 4.21. The molecule has 0 fully saturated rings. The topological polar surface area (TPSA) is 38.8 Å². The molecule has 0 saturated heterocycles. The van der Waals surface area contributed by atoms with Crippen molar-refractivity contribution in [3.63, 3.8) is 0 Å². The van der Waals surface area contributed by atoms with Gasteiger partial charge in [-0.15, -0.1) is 0 Å². The Hall–Kier alpha value is -3.01. The molecule has 1 aliphatic rings. The number of nitrogens with zero attached hydrogens (tertiary/aromatic N) is 1. The molecule has 3 rings (SSSR count). The zero-order chi connectivity index (χ0) is 17.6. The van der Waals surface area contributed by atoms with E-state index in [1.54, 1.807) is 7.11 Å². The van der Waals surface area contributed by atoms with E-state index in [0.717, 1.165) is 11.3 Å². The highest BCUT2D eigenvalue weighted by atomic mass is 16.5. The molecule has 1 heterocycles. The van der Waals surface area contributed by atoms with Crippen molar-refractivity contribution in [2.75, 3.05) is 14.2 Å². The predicted octanol–water partition coefficient (Wildman–Crippen LogP) is 3.87. The maximum Gasteiger partial charge on any atom is 0.336 e. The predicted molar refractivity (Wildman–Crippen MR) is 97.0 cm³/mol. The highest BCUT2D eigenvalue weighted by Crippen LogP contribution is 2.36. The number of methoxy groups -OCH3 is 2. The van der Waals surface area contributed by atoms with Crippen LogP contribution in [0.15, 0.2) is 78.6 Å². The Morgan fingerprint density at radius 3 is 2.48 bits per heavy atom. The van der Waals surface area contributed by atoms with Crippen LogP contribution in [0.25, 0.3) is 0 Å². The molecule has 0 bridgehead atoms. The first-order valence-corrected chi connectivity index (χ1v) is 8.14. The van der Waals surface area contributed by atoms with Crippen molar-refractivity contribution in [1.29, 1.82) is 0 Å². The molecule has 0 spiro atoms. The number of hydrogen-bond acceptors (Lipinski definition) is 4. The molecular formula is C21H21NO3. The first-order valence-electron chi connectivity index (χ1n) is 8.14. The largest absolute Gasteiger partial charge is 0.496 e. The summed E-state index contributed by atoms with van der Waals surface area (Å²) in [6, 6.07) is 17.8. The van der Waals surface area contributed by atoms with Crippen LogP contribution in [-0.2, 0) is 16.1 Å². The van der Waals surface area contributed by atoms with Gasteiger partial charge in [-0.2, -0.15) is 0 Å². The average Bonchev–Trinajstić information content (AvgIpc) is 2.68. The number of allylic oxidation sites excluding steroid dienone is 1. The van der Waals surface area contributed by atoms with Crippen molar-refractivity contribution in [3.05, 3.63) is 89.8 Å². The zero-order valence-electron chi connectivity index (χ0n) is 14.4. The third-order valence-corrected chi connectivity index (χ3v) is 4.21. The number of rotatable bonds is 5. The Bertz CT molecular complexity index is 796. The molecule has 0 saturated carbocycles. The minimum atomic E-state index is -0.335. The van der Waals surface area contributed by atoms with Crippen molar-refractivity contribution >= 4 is 5.97 Å². The summed E-state index contributed by atoms with van der Waals surface area (Å²) in [5.74, 6) is 0.220. The molecule has 0 aromatic heterocycles. The lowest BCUT2D eigenvalue weighted by molar-refractivity contribution is -0.136. The van der Waals surface area contributed by atoms with E-state index in [2.05, 4.69) is 12.1 Å². The van der Waals surface area contributed by atoms with Crippen LogP contribution in [0.2, 0.25) is 0 Å². The van der Waals surface area contributed by atoms with Crippen molar-refractivity contribution in [2.24, 2.45) is 0 Å². The second-order valence-electron chi connectivity index (χ2n) is 5.80. The summed E-state index contributed by atoms with van der Waals surface area (Å²) in [6.45, 7) is 0.691. The first kappa shape index (κ1) is 16.8. The molecule has 2 aromatic carbocycles. The fourth-order valence-electron chi connectivity index (χ4n) is 2.99. The third kappa shape index (κ3) is 3.74. The van der Waals surface area contributed by atoms with Gasteiger partial charge in [0.05, 0.1) is 19.8 Å². The van der Waals surface area contributed by atoms with E-state index in [-0.39, 0.29) is 11.9 Å². The van der Waals surface area contributed by atoms with Gasteiger partial charge in [0.25, 0.3) is 0 Å². The monoisotopic (exact) mass is 335 g/mol. The normalized spacial score (nSPS) is 16.3. The fourth-order valence-corrected chi connectivity index (χ4v) is 2.99. The van der Waals surface area contributed by atoms with Crippen LogP contribution in [0.1, 0.15) is 17.0 Å². The maximum atomic E-state index is 12.4. The smallest absolute Gasteiger partial charge is 0.336 e. The number of hydrogen-bond donors (Lipinski definition) is 0. The van der Waals surface area contributed by atoms with Crippen LogP contribution >= 0.6 is 0 Å². The summed E-state index contributed by atoms with van der Waals surface area (Å²) in [5, 5.41) is 0. The Morgan fingerprint density at radius 2 is 1.76 bits per heavy atom.